The van der Waals surface area contributed by atoms with Crippen LogP contribution in [0.2, 0.25) is 0 Å². The summed E-state index contributed by atoms with van der Waals surface area (Å²) in [7, 11) is 1.68. The first-order valence-electron chi connectivity index (χ1n) is 6.24. The van der Waals surface area contributed by atoms with Gasteiger partial charge in [-0.25, -0.2) is 14.6 Å². The van der Waals surface area contributed by atoms with Gasteiger partial charge in [0.25, 0.3) is 0 Å². The Morgan fingerprint density at radius 2 is 2.05 bits per heavy atom. The minimum Gasteiger partial charge on any atom is -0.478 e. The first-order valence-corrected chi connectivity index (χ1v) is 7.19. The Balaban J connectivity index is 1.86. The van der Waals surface area contributed by atoms with Crippen molar-refractivity contribution in [3.63, 3.8) is 0 Å². The third kappa shape index (κ3) is 4.28. The van der Waals surface area contributed by atoms with Crippen LogP contribution >= 0.6 is 11.3 Å². The normalized spacial score (nSPS) is 10.1. The number of carbonyl (C=O) groups is 2. The maximum Gasteiger partial charge on any atom is 0.335 e. The minimum atomic E-state index is -0.962. The van der Waals surface area contributed by atoms with Crippen molar-refractivity contribution in [2.75, 3.05) is 7.05 Å². The highest BCUT2D eigenvalue weighted by Gasteiger charge is 2.10. The zero-order chi connectivity index (χ0) is 15.2. The van der Waals surface area contributed by atoms with E-state index in [0.717, 1.165) is 11.3 Å². The molecule has 1 aromatic carbocycles. The molecule has 0 aliphatic rings. The summed E-state index contributed by atoms with van der Waals surface area (Å²) < 4.78 is 0. The van der Waals surface area contributed by atoms with E-state index < -0.39 is 5.97 Å². The van der Waals surface area contributed by atoms with E-state index in [-0.39, 0.29) is 11.6 Å². The molecule has 1 heterocycles. The number of urea groups is 1. The fourth-order valence-electron chi connectivity index (χ4n) is 1.72. The predicted octanol–water partition coefficient (Wildman–Crippen LogP) is 2.18. The Morgan fingerprint density at radius 3 is 2.62 bits per heavy atom. The lowest BCUT2D eigenvalue weighted by atomic mass is 10.1. The summed E-state index contributed by atoms with van der Waals surface area (Å²) in [6.45, 7) is 0.799. The van der Waals surface area contributed by atoms with Crippen molar-refractivity contribution >= 4 is 23.3 Å². The quantitative estimate of drug-likeness (QED) is 0.887. The van der Waals surface area contributed by atoms with Gasteiger partial charge in [0.1, 0.15) is 0 Å². The van der Waals surface area contributed by atoms with Gasteiger partial charge in [0.15, 0.2) is 0 Å². The van der Waals surface area contributed by atoms with Gasteiger partial charge in [0.2, 0.25) is 0 Å². The van der Waals surface area contributed by atoms with E-state index >= 15 is 0 Å². The van der Waals surface area contributed by atoms with E-state index in [2.05, 4.69) is 10.3 Å². The van der Waals surface area contributed by atoms with Gasteiger partial charge < -0.3 is 15.3 Å². The summed E-state index contributed by atoms with van der Waals surface area (Å²) in [5, 5.41) is 13.5. The molecule has 0 fully saturated rings. The van der Waals surface area contributed by atoms with Gasteiger partial charge >= 0.3 is 12.0 Å². The molecule has 2 rings (SSSR count). The number of hydrogen-bond donors (Lipinski definition) is 2. The SMILES string of the molecule is CN(Cc1ccc(C(=O)O)cc1)C(=O)NCc1cscn1. The Kier molecular flexibility index (Phi) is 4.89. The summed E-state index contributed by atoms with van der Waals surface area (Å²) in [6.07, 6.45) is 0. The number of aromatic carboxylic acids is 1. The molecule has 7 heteroatoms. The molecule has 21 heavy (non-hydrogen) atoms. The molecule has 1 aromatic heterocycles. The number of hydrogen-bond acceptors (Lipinski definition) is 4. The third-order valence-corrected chi connectivity index (χ3v) is 3.51. The number of carboxylic acids is 1. The number of carboxylic acid groups (broad SMARTS) is 1. The van der Waals surface area contributed by atoms with Crippen LogP contribution in [-0.4, -0.2) is 34.0 Å². The van der Waals surface area contributed by atoms with Gasteiger partial charge in [0.05, 0.1) is 23.3 Å². The summed E-state index contributed by atoms with van der Waals surface area (Å²) in [4.78, 5) is 28.3. The zero-order valence-electron chi connectivity index (χ0n) is 11.4. The van der Waals surface area contributed by atoms with Crippen LogP contribution < -0.4 is 5.32 Å². The first kappa shape index (κ1) is 15.0. The van der Waals surface area contributed by atoms with Crippen LogP contribution in [0.25, 0.3) is 0 Å². The molecule has 0 atom stereocenters. The smallest absolute Gasteiger partial charge is 0.335 e. The van der Waals surface area contributed by atoms with Gasteiger partial charge in [0, 0.05) is 19.0 Å². The van der Waals surface area contributed by atoms with Crippen LogP contribution in [0.5, 0.6) is 0 Å². The third-order valence-electron chi connectivity index (χ3n) is 2.87. The second kappa shape index (κ2) is 6.85. The topological polar surface area (TPSA) is 82.5 Å². The molecule has 2 amide bonds. The fourth-order valence-corrected chi connectivity index (χ4v) is 2.28. The monoisotopic (exact) mass is 305 g/mol. The van der Waals surface area contributed by atoms with Crippen LogP contribution in [0, 0.1) is 0 Å². The van der Waals surface area contributed by atoms with E-state index in [9.17, 15) is 9.59 Å². The lowest BCUT2D eigenvalue weighted by molar-refractivity contribution is 0.0697. The highest BCUT2D eigenvalue weighted by Crippen LogP contribution is 2.07. The Labute approximate surface area is 126 Å². The van der Waals surface area contributed by atoms with E-state index in [1.165, 1.54) is 28.4 Å². The lowest BCUT2D eigenvalue weighted by Crippen LogP contribution is -2.36. The first-order chi connectivity index (χ1) is 10.1. The van der Waals surface area contributed by atoms with Crippen molar-refractivity contribution in [2.24, 2.45) is 0 Å². The second-order valence-corrected chi connectivity index (χ2v) is 5.22. The highest BCUT2D eigenvalue weighted by atomic mass is 32.1. The molecule has 2 N–H and O–H groups in total. The van der Waals surface area contributed by atoms with Crippen molar-refractivity contribution in [3.05, 3.63) is 52.0 Å². The average Bonchev–Trinajstić information content (AvgIpc) is 2.98. The molecule has 0 saturated carbocycles. The Morgan fingerprint density at radius 1 is 1.33 bits per heavy atom. The average molecular weight is 305 g/mol. The molecule has 0 spiro atoms. The molecule has 0 aliphatic carbocycles. The molecule has 0 bridgehead atoms. The molecule has 2 aromatic rings. The van der Waals surface area contributed by atoms with Crippen molar-refractivity contribution in [1.29, 1.82) is 0 Å². The van der Waals surface area contributed by atoms with Crippen molar-refractivity contribution in [2.45, 2.75) is 13.1 Å². The van der Waals surface area contributed by atoms with Gasteiger partial charge in [-0.2, -0.15) is 0 Å². The number of thiazole rings is 1. The summed E-state index contributed by atoms with van der Waals surface area (Å²) in [5.74, 6) is -0.962. The van der Waals surface area contributed by atoms with E-state index in [0.29, 0.717) is 13.1 Å². The maximum absolute atomic E-state index is 11.9. The summed E-state index contributed by atoms with van der Waals surface area (Å²) >= 11 is 1.48. The van der Waals surface area contributed by atoms with Crippen molar-refractivity contribution in [3.8, 4) is 0 Å². The minimum absolute atomic E-state index is 0.203. The second-order valence-electron chi connectivity index (χ2n) is 4.50. The van der Waals surface area contributed by atoms with Crippen LogP contribution in [0.3, 0.4) is 0 Å². The number of aromatic nitrogens is 1. The largest absolute Gasteiger partial charge is 0.478 e. The van der Waals surface area contributed by atoms with Gasteiger partial charge in [-0.15, -0.1) is 11.3 Å². The number of carbonyl (C=O) groups excluding carboxylic acids is 1. The molecule has 0 unspecified atom stereocenters. The van der Waals surface area contributed by atoms with E-state index in [1.807, 2.05) is 5.38 Å². The van der Waals surface area contributed by atoms with Crippen LogP contribution in [-0.2, 0) is 13.1 Å². The highest BCUT2D eigenvalue weighted by molar-refractivity contribution is 7.07. The molecular weight excluding hydrogens is 290 g/mol. The van der Waals surface area contributed by atoms with Crippen LogP contribution in [0.15, 0.2) is 35.2 Å². The molecule has 0 radical (unpaired) electrons. The zero-order valence-corrected chi connectivity index (χ0v) is 12.3. The Bertz CT molecular complexity index is 611. The number of rotatable bonds is 5. The number of nitrogens with one attached hydrogen (secondary N) is 1. The van der Waals surface area contributed by atoms with Crippen molar-refractivity contribution < 1.29 is 14.7 Å². The Hall–Kier alpha value is -2.41. The van der Waals surface area contributed by atoms with Crippen LogP contribution in [0.1, 0.15) is 21.6 Å². The van der Waals surface area contributed by atoms with E-state index in [4.69, 9.17) is 5.11 Å². The lowest BCUT2D eigenvalue weighted by Gasteiger charge is -2.17. The summed E-state index contributed by atoms with van der Waals surface area (Å²) in [6, 6.07) is 6.25. The number of nitrogens with zero attached hydrogens (tertiary/aromatic N) is 2. The molecular formula is C14H15N3O3S. The van der Waals surface area contributed by atoms with Gasteiger partial charge in [-0.05, 0) is 17.7 Å². The molecule has 6 nitrogen and oxygen atoms in total. The fraction of sp³-hybridized carbons (Fsp3) is 0.214. The molecule has 0 aliphatic heterocycles. The van der Waals surface area contributed by atoms with Crippen LogP contribution in [0.4, 0.5) is 4.79 Å². The van der Waals surface area contributed by atoms with Gasteiger partial charge in [-0.1, -0.05) is 12.1 Å². The summed E-state index contributed by atoms with van der Waals surface area (Å²) in [5.41, 5.74) is 3.64. The van der Waals surface area contributed by atoms with Crippen molar-refractivity contribution in [1.82, 2.24) is 15.2 Å². The molecule has 0 saturated heterocycles. The number of benzene rings is 1. The molecule has 110 valence electrons. The standard InChI is InChI=1S/C14H15N3O3S/c1-17(14(20)15-6-12-8-21-9-16-12)7-10-2-4-11(5-3-10)13(18)19/h2-5,8-9H,6-7H2,1H3,(H,15,20)(H,18,19). The maximum atomic E-state index is 11.9. The van der Waals surface area contributed by atoms with Gasteiger partial charge in [-0.3, -0.25) is 0 Å². The van der Waals surface area contributed by atoms with E-state index in [1.54, 1.807) is 24.7 Å². The predicted molar refractivity (Wildman–Crippen MR) is 79.2 cm³/mol. The number of amides is 2.